The van der Waals surface area contributed by atoms with Crippen LogP contribution in [-0.2, 0) is 0 Å². The molecule has 82 valence electrons. The van der Waals surface area contributed by atoms with Crippen LogP contribution < -0.4 is 5.32 Å². The lowest BCUT2D eigenvalue weighted by atomic mass is 9.86. The van der Waals surface area contributed by atoms with E-state index in [1.807, 2.05) is 12.1 Å². The fourth-order valence-corrected chi connectivity index (χ4v) is 2.36. The average Bonchev–Trinajstić information content (AvgIpc) is 2.17. The predicted molar refractivity (Wildman–Crippen MR) is 60.2 cm³/mol. The Balaban J connectivity index is 2.21. The Kier molecular flexibility index (Phi) is 2.79. The molecule has 1 N–H and O–H groups in total. The topological polar surface area (TPSA) is 12.0 Å². The highest BCUT2D eigenvalue weighted by molar-refractivity contribution is 5.22. The molecule has 1 aliphatic heterocycles. The Bertz CT molecular complexity index is 346. The van der Waals surface area contributed by atoms with E-state index in [1.54, 1.807) is 12.1 Å². The molecule has 0 aromatic heterocycles. The predicted octanol–water partition coefficient (Wildman–Crippen LogP) is 3.42. The van der Waals surface area contributed by atoms with Crippen LogP contribution in [0.1, 0.15) is 44.7 Å². The van der Waals surface area contributed by atoms with E-state index in [0.29, 0.717) is 0 Å². The highest BCUT2D eigenvalue weighted by atomic mass is 19.1. The SMILES string of the molecule is CC1(C)CCC[C@H](c2ccccc2F)N1. The first-order valence-electron chi connectivity index (χ1n) is 5.61. The fourth-order valence-electron chi connectivity index (χ4n) is 2.36. The summed E-state index contributed by atoms with van der Waals surface area (Å²) < 4.78 is 13.6. The van der Waals surface area contributed by atoms with Gasteiger partial charge in [-0.1, -0.05) is 18.2 Å². The van der Waals surface area contributed by atoms with Crippen molar-refractivity contribution in [3.63, 3.8) is 0 Å². The van der Waals surface area contributed by atoms with Crippen molar-refractivity contribution in [2.75, 3.05) is 0 Å². The summed E-state index contributed by atoms with van der Waals surface area (Å²) in [4.78, 5) is 0. The van der Waals surface area contributed by atoms with Gasteiger partial charge in [-0.15, -0.1) is 0 Å². The standard InChI is InChI=1S/C13H18FN/c1-13(2)9-5-8-12(15-13)10-6-3-4-7-11(10)14/h3-4,6-7,12,15H,5,8-9H2,1-2H3/t12-/m1/s1. The number of hydrogen-bond donors (Lipinski definition) is 1. The van der Waals surface area contributed by atoms with E-state index < -0.39 is 0 Å². The normalized spacial score (nSPS) is 25.1. The average molecular weight is 207 g/mol. The lowest BCUT2D eigenvalue weighted by molar-refractivity contribution is 0.242. The highest BCUT2D eigenvalue weighted by Crippen LogP contribution is 2.31. The first-order valence-corrected chi connectivity index (χ1v) is 5.61. The molecule has 2 rings (SSSR count). The summed E-state index contributed by atoms with van der Waals surface area (Å²) in [6, 6.07) is 7.25. The Hall–Kier alpha value is -0.890. The van der Waals surface area contributed by atoms with Crippen LogP contribution in [0.15, 0.2) is 24.3 Å². The second-order valence-corrected chi connectivity index (χ2v) is 4.99. The van der Waals surface area contributed by atoms with Crippen molar-refractivity contribution in [3.05, 3.63) is 35.6 Å². The van der Waals surface area contributed by atoms with E-state index >= 15 is 0 Å². The zero-order valence-corrected chi connectivity index (χ0v) is 9.39. The Morgan fingerprint density at radius 3 is 2.73 bits per heavy atom. The van der Waals surface area contributed by atoms with Crippen LogP contribution in [-0.4, -0.2) is 5.54 Å². The zero-order valence-electron chi connectivity index (χ0n) is 9.39. The second kappa shape index (κ2) is 3.93. The summed E-state index contributed by atoms with van der Waals surface area (Å²) in [6.07, 6.45) is 3.36. The maximum absolute atomic E-state index is 13.6. The third kappa shape index (κ3) is 2.37. The molecular formula is C13H18FN. The van der Waals surface area contributed by atoms with Gasteiger partial charge in [0.2, 0.25) is 0 Å². The van der Waals surface area contributed by atoms with Gasteiger partial charge in [0.25, 0.3) is 0 Å². The van der Waals surface area contributed by atoms with Gasteiger partial charge >= 0.3 is 0 Å². The Morgan fingerprint density at radius 2 is 2.07 bits per heavy atom. The van der Waals surface area contributed by atoms with E-state index in [4.69, 9.17) is 0 Å². The minimum absolute atomic E-state index is 0.0901. The van der Waals surface area contributed by atoms with Crippen molar-refractivity contribution >= 4 is 0 Å². The Labute approximate surface area is 90.7 Å². The number of benzene rings is 1. The molecule has 1 fully saturated rings. The monoisotopic (exact) mass is 207 g/mol. The van der Waals surface area contributed by atoms with Gasteiger partial charge in [-0.25, -0.2) is 4.39 Å². The summed E-state index contributed by atoms with van der Waals surface area (Å²) in [5, 5.41) is 3.51. The maximum Gasteiger partial charge on any atom is 0.127 e. The van der Waals surface area contributed by atoms with E-state index in [2.05, 4.69) is 19.2 Å². The molecule has 1 aromatic carbocycles. The molecule has 0 radical (unpaired) electrons. The van der Waals surface area contributed by atoms with Crippen molar-refractivity contribution in [3.8, 4) is 0 Å². The summed E-state index contributed by atoms with van der Waals surface area (Å²) in [7, 11) is 0. The minimum Gasteiger partial charge on any atom is -0.305 e. The number of hydrogen-bond acceptors (Lipinski definition) is 1. The molecule has 1 aromatic rings. The van der Waals surface area contributed by atoms with E-state index in [-0.39, 0.29) is 17.4 Å². The van der Waals surface area contributed by atoms with E-state index in [1.165, 1.54) is 6.42 Å². The zero-order chi connectivity index (χ0) is 10.9. The van der Waals surface area contributed by atoms with Gasteiger partial charge < -0.3 is 5.32 Å². The van der Waals surface area contributed by atoms with Gasteiger partial charge in [0.1, 0.15) is 5.82 Å². The van der Waals surface area contributed by atoms with Crippen molar-refractivity contribution in [2.45, 2.75) is 44.7 Å². The van der Waals surface area contributed by atoms with Crippen molar-refractivity contribution in [1.29, 1.82) is 0 Å². The molecule has 1 atom stereocenters. The van der Waals surface area contributed by atoms with Crippen molar-refractivity contribution in [1.82, 2.24) is 5.32 Å². The molecule has 0 amide bonds. The largest absolute Gasteiger partial charge is 0.305 e. The molecule has 15 heavy (non-hydrogen) atoms. The second-order valence-electron chi connectivity index (χ2n) is 4.99. The molecule has 0 aliphatic carbocycles. The molecule has 1 aliphatic rings. The van der Waals surface area contributed by atoms with Gasteiger partial charge in [0.15, 0.2) is 0 Å². The first kappa shape index (κ1) is 10.6. The van der Waals surface area contributed by atoms with E-state index in [0.717, 1.165) is 18.4 Å². The minimum atomic E-state index is -0.0901. The van der Waals surface area contributed by atoms with Crippen LogP contribution in [0.2, 0.25) is 0 Å². The van der Waals surface area contributed by atoms with Gasteiger partial charge in [-0.05, 0) is 39.2 Å². The van der Waals surface area contributed by atoms with Gasteiger partial charge in [-0.3, -0.25) is 0 Å². The highest BCUT2D eigenvalue weighted by Gasteiger charge is 2.28. The van der Waals surface area contributed by atoms with Gasteiger partial charge in [-0.2, -0.15) is 0 Å². The Morgan fingerprint density at radius 1 is 1.33 bits per heavy atom. The molecule has 0 saturated carbocycles. The van der Waals surface area contributed by atoms with Crippen LogP contribution in [0.3, 0.4) is 0 Å². The number of halogens is 1. The molecule has 0 unspecified atom stereocenters. The first-order chi connectivity index (χ1) is 7.08. The molecule has 1 heterocycles. The van der Waals surface area contributed by atoms with Crippen molar-refractivity contribution in [2.24, 2.45) is 0 Å². The van der Waals surface area contributed by atoms with Gasteiger partial charge in [0.05, 0.1) is 0 Å². The van der Waals surface area contributed by atoms with Crippen LogP contribution in [0.4, 0.5) is 4.39 Å². The van der Waals surface area contributed by atoms with Crippen LogP contribution in [0.25, 0.3) is 0 Å². The molecule has 1 saturated heterocycles. The van der Waals surface area contributed by atoms with Crippen LogP contribution in [0, 0.1) is 5.82 Å². The van der Waals surface area contributed by atoms with Gasteiger partial charge in [0, 0.05) is 17.1 Å². The van der Waals surface area contributed by atoms with Crippen LogP contribution >= 0.6 is 0 Å². The lowest BCUT2D eigenvalue weighted by Gasteiger charge is -2.37. The molecule has 0 bridgehead atoms. The molecule has 1 nitrogen and oxygen atoms in total. The summed E-state index contributed by atoms with van der Waals surface area (Å²) in [6.45, 7) is 4.36. The molecule has 2 heteroatoms. The lowest BCUT2D eigenvalue weighted by Crippen LogP contribution is -2.45. The maximum atomic E-state index is 13.6. The third-order valence-corrected chi connectivity index (χ3v) is 3.14. The summed E-state index contributed by atoms with van der Waals surface area (Å²) in [5.74, 6) is -0.0901. The molecule has 0 spiro atoms. The summed E-state index contributed by atoms with van der Waals surface area (Å²) in [5.41, 5.74) is 0.941. The smallest absolute Gasteiger partial charge is 0.127 e. The number of piperidine rings is 1. The fraction of sp³-hybridized carbons (Fsp3) is 0.538. The summed E-state index contributed by atoms with van der Waals surface area (Å²) >= 11 is 0. The quantitative estimate of drug-likeness (QED) is 0.744. The number of nitrogens with one attached hydrogen (secondary N) is 1. The van der Waals surface area contributed by atoms with Crippen LogP contribution in [0.5, 0.6) is 0 Å². The number of rotatable bonds is 1. The van der Waals surface area contributed by atoms with E-state index in [9.17, 15) is 4.39 Å². The van der Waals surface area contributed by atoms with Crippen molar-refractivity contribution < 1.29 is 4.39 Å². The molecular weight excluding hydrogens is 189 g/mol. The third-order valence-electron chi connectivity index (χ3n) is 3.14.